The average molecular weight is 384 g/mol. The Kier molecular flexibility index (Phi) is 4.82. The van der Waals surface area contributed by atoms with Gasteiger partial charge in [0.1, 0.15) is 11.5 Å². The molecule has 0 saturated heterocycles. The number of aromatic nitrogens is 4. The Morgan fingerprint density at radius 3 is 2.78 bits per heavy atom. The summed E-state index contributed by atoms with van der Waals surface area (Å²) in [6.07, 6.45) is 8.12. The van der Waals surface area contributed by atoms with Gasteiger partial charge in [-0.2, -0.15) is 11.8 Å². The van der Waals surface area contributed by atoms with Gasteiger partial charge in [0.2, 0.25) is 0 Å². The molecule has 0 atom stereocenters. The topological polar surface area (TPSA) is 77.9 Å². The van der Waals surface area contributed by atoms with Crippen molar-refractivity contribution in [2.45, 2.75) is 37.5 Å². The van der Waals surface area contributed by atoms with Gasteiger partial charge in [-0.05, 0) is 45.1 Å². The highest BCUT2D eigenvalue weighted by Crippen LogP contribution is 2.55. The maximum Gasteiger partial charge on any atom is 0.162 e. The molecule has 27 heavy (non-hydrogen) atoms. The van der Waals surface area contributed by atoms with Gasteiger partial charge in [-0.25, -0.2) is 15.0 Å². The lowest BCUT2D eigenvalue weighted by Crippen LogP contribution is -2.34. The molecule has 3 heterocycles. The van der Waals surface area contributed by atoms with Crippen LogP contribution < -0.4 is 4.90 Å². The summed E-state index contributed by atoms with van der Waals surface area (Å²) < 4.78 is 0.0958. The fraction of sp³-hybridized carbons (Fsp3) is 0.450. The molecule has 1 aliphatic carbocycles. The van der Waals surface area contributed by atoms with Crippen LogP contribution in [0.4, 0.5) is 5.82 Å². The van der Waals surface area contributed by atoms with Gasteiger partial charge < -0.3 is 15.0 Å². The summed E-state index contributed by atoms with van der Waals surface area (Å²) in [5.74, 6) is 1.60. The lowest BCUT2D eigenvalue weighted by molar-refractivity contribution is 0.298. The van der Waals surface area contributed by atoms with Crippen LogP contribution in [0.5, 0.6) is 0 Å². The van der Waals surface area contributed by atoms with E-state index in [1.54, 1.807) is 6.20 Å². The van der Waals surface area contributed by atoms with E-state index in [2.05, 4.69) is 41.0 Å². The number of hydrogen-bond acceptors (Lipinski definition) is 6. The molecule has 1 fully saturated rings. The normalized spacial score (nSPS) is 15.4. The molecule has 1 aliphatic rings. The van der Waals surface area contributed by atoms with E-state index in [0.717, 1.165) is 46.8 Å². The van der Waals surface area contributed by atoms with Gasteiger partial charge in [-0.1, -0.05) is 0 Å². The van der Waals surface area contributed by atoms with Crippen molar-refractivity contribution in [3.8, 4) is 11.4 Å². The molecule has 0 bridgehead atoms. The molecule has 0 aliphatic heterocycles. The number of pyridine rings is 1. The Balaban J connectivity index is 1.90. The molecule has 0 radical (unpaired) electrons. The van der Waals surface area contributed by atoms with E-state index in [4.69, 9.17) is 9.97 Å². The van der Waals surface area contributed by atoms with Crippen molar-refractivity contribution >= 4 is 28.6 Å². The number of hydrogen-bond donors (Lipinski definition) is 2. The largest absolute Gasteiger partial charge is 0.395 e. The van der Waals surface area contributed by atoms with Crippen LogP contribution in [0.1, 0.15) is 32.4 Å². The Morgan fingerprint density at radius 1 is 1.30 bits per heavy atom. The number of rotatable bonds is 7. The lowest BCUT2D eigenvalue weighted by Gasteiger charge is -2.28. The summed E-state index contributed by atoms with van der Waals surface area (Å²) in [4.78, 5) is 19.6. The zero-order valence-electron chi connectivity index (χ0n) is 15.9. The maximum atomic E-state index is 9.53. The Morgan fingerprint density at radius 2 is 2.11 bits per heavy atom. The number of nitrogens with one attached hydrogen (secondary N) is 1. The number of aliphatic hydroxyl groups excluding tert-OH is 1. The van der Waals surface area contributed by atoms with Gasteiger partial charge in [0, 0.05) is 42.0 Å². The van der Waals surface area contributed by atoms with E-state index in [0.29, 0.717) is 6.54 Å². The third kappa shape index (κ3) is 3.30. The number of nitrogens with zero attached hydrogens (tertiary/aromatic N) is 4. The van der Waals surface area contributed by atoms with Crippen LogP contribution in [0.3, 0.4) is 0 Å². The van der Waals surface area contributed by atoms with Crippen molar-refractivity contribution in [1.82, 2.24) is 19.9 Å². The monoisotopic (exact) mass is 383 g/mol. The zero-order valence-corrected chi connectivity index (χ0v) is 16.8. The highest BCUT2D eigenvalue weighted by Gasteiger charge is 2.45. The first kappa shape index (κ1) is 18.3. The van der Waals surface area contributed by atoms with Crippen LogP contribution in [-0.4, -0.2) is 50.5 Å². The number of aliphatic hydroxyl groups is 1. The van der Waals surface area contributed by atoms with Crippen molar-refractivity contribution in [3.05, 3.63) is 36.3 Å². The summed E-state index contributed by atoms with van der Waals surface area (Å²) in [5.41, 5.74) is 2.90. The predicted molar refractivity (Wildman–Crippen MR) is 111 cm³/mol. The second kappa shape index (κ2) is 7.13. The van der Waals surface area contributed by atoms with E-state index in [9.17, 15) is 5.11 Å². The summed E-state index contributed by atoms with van der Waals surface area (Å²) in [6.45, 7) is 4.89. The van der Waals surface area contributed by atoms with Crippen LogP contribution in [0.15, 0.2) is 30.6 Å². The first-order valence-corrected chi connectivity index (χ1v) is 10.5. The number of fused-ring (bicyclic) bond motifs is 1. The molecule has 0 spiro atoms. The summed E-state index contributed by atoms with van der Waals surface area (Å²) in [7, 11) is 0. The Labute approximate surface area is 163 Å². The minimum Gasteiger partial charge on any atom is -0.395 e. The molecule has 3 aromatic rings. The minimum atomic E-state index is 0.0951. The maximum absolute atomic E-state index is 9.53. The van der Waals surface area contributed by atoms with E-state index in [1.807, 2.05) is 30.1 Å². The number of aromatic amines is 1. The molecular formula is C20H25N5OS. The number of H-pyrrole nitrogens is 1. The fourth-order valence-corrected chi connectivity index (χ4v) is 4.34. The van der Waals surface area contributed by atoms with E-state index in [-0.39, 0.29) is 17.4 Å². The third-order valence-electron chi connectivity index (χ3n) is 5.23. The number of anilines is 1. The predicted octanol–water partition coefficient (Wildman–Crippen LogP) is 3.58. The second-order valence-electron chi connectivity index (χ2n) is 7.24. The van der Waals surface area contributed by atoms with Crippen LogP contribution >= 0.6 is 11.8 Å². The van der Waals surface area contributed by atoms with Gasteiger partial charge in [-0.15, -0.1) is 0 Å². The summed E-state index contributed by atoms with van der Waals surface area (Å²) in [6, 6.07) is 6.34. The Hall–Kier alpha value is -2.12. The molecule has 3 aromatic heterocycles. The molecule has 2 N–H and O–H groups in total. The van der Waals surface area contributed by atoms with Gasteiger partial charge >= 0.3 is 0 Å². The quantitative estimate of drug-likeness (QED) is 0.649. The third-order valence-corrected chi connectivity index (χ3v) is 6.63. The fourth-order valence-electron chi connectivity index (χ4n) is 3.51. The van der Waals surface area contributed by atoms with Crippen LogP contribution in [0.2, 0.25) is 0 Å². The van der Waals surface area contributed by atoms with Crippen LogP contribution in [0, 0.1) is 0 Å². The van der Waals surface area contributed by atoms with Gasteiger partial charge in [0.05, 0.1) is 17.0 Å². The van der Waals surface area contributed by atoms with Gasteiger partial charge in [-0.3, -0.25) is 0 Å². The van der Waals surface area contributed by atoms with E-state index < -0.39 is 0 Å². The van der Waals surface area contributed by atoms with Crippen LogP contribution in [-0.2, 0) is 4.75 Å². The van der Waals surface area contributed by atoms with Crippen LogP contribution in [0.25, 0.3) is 22.4 Å². The first-order chi connectivity index (χ1) is 13.1. The molecule has 6 nitrogen and oxygen atoms in total. The smallest absolute Gasteiger partial charge is 0.162 e. The SMILES string of the molecule is CSC1(c2cc(N(CCO)C(C)C)nc(-c3ccnc4[nH]ccc34)n2)CC1. The molecule has 4 rings (SSSR count). The minimum absolute atomic E-state index is 0.0951. The molecule has 7 heteroatoms. The first-order valence-electron chi connectivity index (χ1n) is 9.32. The van der Waals surface area contributed by atoms with Crippen molar-refractivity contribution in [2.24, 2.45) is 0 Å². The van der Waals surface area contributed by atoms with Crippen molar-refractivity contribution in [2.75, 3.05) is 24.3 Å². The number of thioether (sulfide) groups is 1. The standard InChI is InChI=1S/C20H25N5OS/c1-13(2)25(10-11-26)17-12-16(20(27-3)6-7-20)23-19(24-17)15-5-9-22-18-14(15)4-8-21-18/h4-5,8-9,12-13,26H,6-7,10-11H2,1-3H3,(H,21,22). The highest BCUT2D eigenvalue weighted by atomic mass is 32.2. The molecule has 142 valence electrons. The van der Waals surface area contributed by atoms with Gasteiger partial charge in [0.15, 0.2) is 5.82 Å². The molecule has 0 amide bonds. The second-order valence-corrected chi connectivity index (χ2v) is 8.43. The zero-order chi connectivity index (χ0) is 19.0. The Bertz CT molecular complexity index is 950. The summed E-state index contributed by atoms with van der Waals surface area (Å²) >= 11 is 1.87. The average Bonchev–Trinajstić information content (AvgIpc) is 3.34. The van der Waals surface area contributed by atoms with Crippen molar-refractivity contribution in [1.29, 1.82) is 0 Å². The molecule has 0 aromatic carbocycles. The van der Waals surface area contributed by atoms with Crippen molar-refractivity contribution in [3.63, 3.8) is 0 Å². The summed E-state index contributed by atoms with van der Waals surface area (Å²) in [5, 5.41) is 10.6. The van der Waals surface area contributed by atoms with E-state index >= 15 is 0 Å². The molecular weight excluding hydrogens is 358 g/mol. The van der Waals surface area contributed by atoms with E-state index in [1.165, 1.54) is 0 Å². The molecule has 1 saturated carbocycles. The highest BCUT2D eigenvalue weighted by molar-refractivity contribution is 7.99. The lowest BCUT2D eigenvalue weighted by atomic mass is 10.1. The van der Waals surface area contributed by atoms with Crippen molar-refractivity contribution < 1.29 is 5.11 Å². The molecule has 0 unspecified atom stereocenters. The van der Waals surface area contributed by atoms with Gasteiger partial charge in [0.25, 0.3) is 0 Å².